The molecule has 0 aliphatic rings. The molecule has 0 atom stereocenters. The highest BCUT2D eigenvalue weighted by atomic mass is 35.5. The Balaban J connectivity index is 0.00000225. The number of para-hydroxylation sites is 1. The maximum Gasteiger partial charge on any atom is 0.120 e. The van der Waals surface area contributed by atoms with E-state index in [1.165, 1.54) is 0 Å². The number of nitrogens with one attached hydrogen (secondary N) is 1. The summed E-state index contributed by atoms with van der Waals surface area (Å²) in [6, 6.07) is 7.41. The van der Waals surface area contributed by atoms with Gasteiger partial charge in [-0.3, -0.25) is 0 Å². The van der Waals surface area contributed by atoms with Gasteiger partial charge in [0, 0.05) is 30.2 Å². The Labute approximate surface area is 108 Å². The van der Waals surface area contributed by atoms with Crippen molar-refractivity contribution in [2.24, 2.45) is 0 Å². The van der Waals surface area contributed by atoms with Gasteiger partial charge in [0.05, 0.1) is 0 Å². The van der Waals surface area contributed by atoms with Crippen molar-refractivity contribution in [3.05, 3.63) is 42.5 Å². The van der Waals surface area contributed by atoms with E-state index in [1.807, 2.05) is 36.0 Å². The highest BCUT2D eigenvalue weighted by Gasteiger charge is 1.97. The fourth-order valence-electron chi connectivity index (χ4n) is 1.19. The van der Waals surface area contributed by atoms with E-state index >= 15 is 0 Å². The number of hydrogen-bond acceptors (Lipinski definition) is 3. The summed E-state index contributed by atoms with van der Waals surface area (Å²) in [6.45, 7) is 5.34. The largest absolute Gasteiger partial charge is 0.508 e. The second-order valence-electron chi connectivity index (χ2n) is 3.17. The lowest BCUT2D eigenvalue weighted by Gasteiger charge is -2.05. The molecule has 0 saturated heterocycles. The van der Waals surface area contributed by atoms with Gasteiger partial charge in [-0.05, 0) is 6.07 Å². The molecule has 0 fully saturated rings. The van der Waals surface area contributed by atoms with Crippen molar-refractivity contribution in [2.75, 3.05) is 18.1 Å². The van der Waals surface area contributed by atoms with E-state index in [0.29, 0.717) is 5.75 Å². The second-order valence-corrected chi connectivity index (χ2v) is 4.32. The van der Waals surface area contributed by atoms with Crippen LogP contribution >= 0.6 is 24.2 Å². The molecule has 90 valence electrons. The number of thioether (sulfide) groups is 1. The second kappa shape index (κ2) is 9.58. The van der Waals surface area contributed by atoms with E-state index in [1.54, 1.807) is 6.07 Å². The van der Waals surface area contributed by atoms with Crippen LogP contribution in [0.5, 0.6) is 5.75 Å². The Bertz CT molecular complexity index is 307. The Morgan fingerprint density at radius 3 is 2.81 bits per heavy atom. The number of aromatic hydroxyl groups is 1. The van der Waals surface area contributed by atoms with Crippen LogP contribution in [0.2, 0.25) is 0 Å². The van der Waals surface area contributed by atoms with Crippen LogP contribution in [0.3, 0.4) is 0 Å². The van der Waals surface area contributed by atoms with E-state index in [9.17, 15) is 5.11 Å². The summed E-state index contributed by atoms with van der Waals surface area (Å²) in [6.07, 6.45) is 1.91. The summed E-state index contributed by atoms with van der Waals surface area (Å²) in [4.78, 5) is 0. The predicted octanol–water partition coefficient (Wildman–Crippen LogP) is 2.82. The van der Waals surface area contributed by atoms with Crippen molar-refractivity contribution >= 4 is 24.2 Å². The maximum atomic E-state index is 9.49. The van der Waals surface area contributed by atoms with Gasteiger partial charge < -0.3 is 10.4 Å². The van der Waals surface area contributed by atoms with Crippen molar-refractivity contribution in [3.63, 3.8) is 0 Å². The van der Waals surface area contributed by atoms with Gasteiger partial charge in [0.1, 0.15) is 5.75 Å². The van der Waals surface area contributed by atoms with Gasteiger partial charge in [0.2, 0.25) is 0 Å². The first-order valence-corrected chi connectivity index (χ1v) is 6.16. The van der Waals surface area contributed by atoms with Crippen molar-refractivity contribution in [2.45, 2.75) is 6.54 Å². The van der Waals surface area contributed by atoms with Crippen LogP contribution in [-0.2, 0) is 6.54 Å². The summed E-state index contributed by atoms with van der Waals surface area (Å²) in [5, 5.41) is 12.8. The lowest BCUT2D eigenvalue weighted by molar-refractivity contribution is 0.465. The van der Waals surface area contributed by atoms with E-state index in [2.05, 4.69) is 11.9 Å². The quantitative estimate of drug-likeness (QED) is 0.583. The van der Waals surface area contributed by atoms with E-state index in [0.717, 1.165) is 30.2 Å². The maximum absolute atomic E-state index is 9.49. The normalized spacial score (nSPS) is 9.50. The predicted molar refractivity (Wildman–Crippen MR) is 74.6 cm³/mol. The first-order valence-electron chi connectivity index (χ1n) is 5.01. The molecule has 1 aromatic carbocycles. The first kappa shape index (κ1) is 15.4. The third kappa shape index (κ3) is 6.05. The van der Waals surface area contributed by atoms with Crippen molar-refractivity contribution in [3.8, 4) is 5.75 Å². The minimum Gasteiger partial charge on any atom is -0.508 e. The average molecular weight is 260 g/mol. The fourth-order valence-corrected chi connectivity index (χ4v) is 1.82. The number of hydrogen-bond donors (Lipinski definition) is 2. The fraction of sp³-hybridized carbons (Fsp3) is 0.333. The number of benzene rings is 1. The molecule has 16 heavy (non-hydrogen) atoms. The minimum atomic E-state index is 0. The zero-order valence-electron chi connectivity index (χ0n) is 9.19. The first-order chi connectivity index (χ1) is 7.34. The third-order valence-electron chi connectivity index (χ3n) is 1.97. The van der Waals surface area contributed by atoms with Gasteiger partial charge in [-0.1, -0.05) is 24.3 Å². The number of halogens is 1. The minimum absolute atomic E-state index is 0. The van der Waals surface area contributed by atoms with Crippen LogP contribution in [0, 0.1) is 0 Å². The Morgan fingerprint density at radius 1 is 1.38 bits per heavy atom. The standard InChI is InChI=1S/C12H17NOS.ClH/c1-2-8-15-9-7-13-10-11-5-3-4-6-12(11)14;/h2-6,13-14H,1,7-10H2;1H. The van der Waals surface area contributed by atoms with Crippen LogP contribution in [0.25, 0.3) is 0 Å². The highest BCUT2D eigenvalue weighted by Crippen LogP contribution is 2.14. The van der Waals surface area contributed by atoms with Gasteiger partial charge >= 0.3 is 0 Å². The molecule has 0 spiro atoms. The van der Waals surface area contributed by atoms with Crippen molar-refractivity contribution < 1.29 is 5.11 Å². The van der Waals surface area contributed by atoms with Crippen molar-refractivity contribution in [1.82, 2.24) is 5.32 Å². The molecule has 0 aliphatic carbocycles. The molecule has 0 aromatic heterocycles. The summed E-state index contributed by atoms with van der Waals surface area (Å²) in [5.74, 6) is 2.43. The van der Waals surface area contributed by atoms with E-state index in [-0.39, 0.29) is 12.4 Å². The summed E-state index contributed by atoms with van der Waals surface area (Å²) in [5.41, 5.74) is 0.950. The van der Waals surface area contributed by atoms with Gasteiger partial charge in [0.15, 0.2) is 0 Å². The summed E-state index contributed by atoms with van der Waals surface area (Å²) in [7, 11) is 0. The number of phenolic OH excluding ortho intramolecular Hbond substituents is 1. The molecule has 0 unspecified atom stereocenters. The van der Waals surface area contributed by atoms with Gasteiger partial charge in [-0.15, -0.1) is 19.0 Å². The zero-order valence-corrected chi connectivity index (χ0v) is 10.8. The SMILES string of the molecule is C=CCSCCNCc1ccccc1O.Cl. The topological polar surface area (TPSA) is 32.3 Å². The molecule has 0 bridgehead atoms. The molecule has 0 radical (unpaired) electrons. The lowest BCUT2D eigenvalue weighted by atomic mass is 10.2. The zero-order chi connectivity index (χ0) is 10.9. The Kier molecular flexibility index (Phi) is 9.19. The summed E-state index contributed by atoms with van der Waals surface area (Å²) < 4.78 is 0. The lowest BCUT2D eigenvalue weighted by Crippen LogP contribution is -2.16. The number of rotatable bonds is 7. The molecule has 0 amide bonds. The van der Waals surface area contributed by atoms with Gasteiger partial charge in [-0.2, -0.15) is 11.8 Å². The van der Waals surface area contributed by atoms with Gasteiger partial charge in [0.25, 0.3) is 0 Å². The van der Waals surface area contributed by atoms with Crippen molar-refractivity contribution in [1.29, 1.82) is 0 Å². The monoisotopic (exact) mass is 259 g/mol. The molecule has 4 heteroatoms. The van der Waals surface area contributed by atoms with E-state index in [4.69, 9.17) is 0 Å². The molecule has 2 nitrogen and oxygen atoms in total. The van der Waals surface area contributed by atoms with Gasteiger partial charge in [-0.25, -0.2) is 0 Å². The molecular weight excluding hydrogens is 242 g/mol. The van der Waals surface area contributed by atoms with Crippen LogP contribution in [0.4, 0.5) is 0 Å². The molecular formula is C12H18ClNOS. The average Bonchev–Trinajstić information content (AvgIpc) is 2.25. The Hall–Kier alpha value is -0.640. The van der Waals surface area contributed by atoms with Crippen LogP contribution in [-0.4, -0.2) is 23.2 Å². The van der Waals surface area contributed by atoms with Crippen LogP contribution < -0.4 is 5.32 Å². The number of phenols is 1. The molecule has 1 aromatic rings. The highest BCUT2D eigenvalue weighted by molar-refractivity contribution is 7.99. The molecule has 0 heterocycles. The summed E-state index contributed by atoms with van der Waals surface area (Å²) >= 11 is 1.85. The Morgan fingerprint density at radius 2 is 2.12 bits per heavy atom. The molecule has 1 rings (SSSR count). The van der Waals surface area contributed by atoms with E-state index < -0.39 is 0 Å². The van der Waals surface area contributed by atoms with Crippen LogP contribution in [0.1, 0.15) is 5.56 Å². The molecule has 0 saturated carbocycles. The molecule has 2 N–H and O–H groups in total. The molecule has 0 aliphatic heterocycles. The smallest absolute Gasteiger partial charge is 0.120 e. The van der Waals surface area contributed by atoms with Crippen LogP contribution in [0.15, 0.2) is 36.9 Å². The third-order valence-corrected chi connectivity index (χ3v) is 2.93.